The minimum Gasteiger partial charge on any atom is -0.316 e. The van der Waals surface area contributed by atoms with Gasteiger partial charge in [-0.05, 0) is 20.5 Å². The van der Waals surface area contributed by atoms with Gasteiger partial charge in [0.2, 0.25) is 0 Å². The van der Waals surface area contributed by atoms with Gasteiger partial charge in [-0.25, -0.2) is 0 Å². The molecule has 0 amide bonds. The van der Waals surface area contributed by atoms with Crippen LogP contribution in [-0.2, 0) is 0 Å². The summed E-state index contributed by atoms with van der Waals surface area (Å²) in [5.41, 5.74) is 5.86. The van der Waals surface area contributed by atoms with Crippen LogP contribution in [0.15, 0.2) is 0 Å². The van der Waals surface area contributed by atoms with E-state index in [0.29, 0.717) is 0 Å². The van der Waals surface area contributed by atoms with Gasteiger partial charge in [0, 0.05) is 0 Å². The molecule has 0 saturated carbocycles. The van der Waals surface area contributed by atoms with Crippen molar-refractivity contribution in [2.24, 2.45) is 5.73 Å². The van der Waals surface area contributed by atoms with Crippen LogP contribution in [0.4, 0.5) is 0 Å². The lowest BCUT2D eigenvalue weighted by molar-refractivity contribution is 0.278. The summed E-state index contributed by atoms with van der Waals surface area (Å²) in [6.07, 6.45) is 8.07. The fraction of sp³-hybridized carbons (Fsp3) is 1.00. The van der Waals surface area contributed by atoms with Crippen LogP contribution >= 0.6 is 0 Å². The maximum atomic E-state index is 5.86. The molecule has 2 heteroatoms. The Morgan fingerprint density at radius 3 is 2.17 bits per heavy atom. The third-order valence-corrected chi connectivity index (χ3v) is 2.27. The van der Waals surface area contributed by atoms with Gasteiger partial charge in [-0.1, -0.05) is 39.0 Å². The van der Waals surface area contributed by atoms with Crippen molar-refractivity contribution in [3.63, 3.8) is 0 Å². The monoisotopic (exact) mass is 172 g/mol. The smallest absolute Gasteiger partial charge is 0.0566 e. The van der Waals surface area contributed by atoms with Gasteiger partial charge in [-0.2, -0.15) is 0 Å². The quantitative estimate of drug-likeness (QED) is 0.471. The second-order valence-electron chi connectivity index (χ2n) is 3.73. The molecule has 1 atom stereocenters. The molecule has 2 N–H and O–H groups in total. The second kappa shape index (κ2) is 7.56. The van der Waals surface area contributed by atoms with E-state index in [2.05, 4.69) is 11.8 Å². The van der Waals surface area contributed by atoms with Gasteiger partial charge in [0.05, 0.1) is 6.17 Å². The Morgan fingerprint density at radius 1 is 1.08 bits per heavy atom. The van der Waals surface area contributed by atoms with E-state index in [0.717, 1.165) is 6.42 Å². The molecule has 0 aromatic heterocycles. The van der Waals surface area contributed by atoms with Crippen molar-refractivity contribution in [3.8, 4) is 0 Å². The Hall–Kier alpha value is -0.0800. The zero-order valence-corrected chi connectivity index (χ0v) is 8.84. The zero-order chi connectivity index (χ0) is 9.40. The summed E-state index contributed by atoms with van der Waals surface area (Å²) >= 11 is 0. The molecule has 1 unspecified atom stereocenters. The van der Waals surface area contributed by atoms with Crippen molar-refractivity contribution < 1.29 is 0 Å². The topological polar surface area (TPSA) is 29.3 Å². The minimum absolute atomic E-state index is 0.256. The lowest BCUT2D eigenvalue weighted by Gasteiger charge is -2.19. The summed E-state index contributed by atoms with van der Waals surface area (Å²) in [6, 6.07) is 0. The molecule has 0 aliphatic rings. The molecule has 0 spiro atoms. The molecule has 0 rings (SSSR count). The minimum atomic E-state index is 0.256. The molecule has 0 saturated heterocycles. The molecule has 0 aliphatic carbocycles. The molecule has 0 bridgehead atoms. The maximum Gasteiger partial charge on any atom is 0.0566 e. The van der Waals surface area contributed by atoms with E-state index in [1.54, 1.807) is 0 Å². The molecule has 0 fully saturated rings. The summed E-state index contributed by atoms with van der Waals surface area (Å²) < 4.78 is 0. The second-order valence-corrected chi connectivity index (χ2v) is 3.73. The van der Waals surface area contributed by atoms with E-state index in [9.17, 15) is 0 Å². The fourth-order valence-electron chi connectivity index (χ4n) is 1.22. The molecular weight excluding hydrogens is 148 g/mol. The first kappa shape index (κ1) is 11.9. The van der Waals surface area contributed by atoms with Gasteiger partial charge >= 0.3 is 0 Å². The molecule has 0 radical (unpaired) electrons. The van der Waals surface area contributed by atoms with Gasteiger partial charge in [-0.3, -0.25) is 4.90 Å². The molecule has 0 aromatic rings. The number of nitrogens with two attached hydrogens (primary N) is 1. The van der Waals surface area contributed by atoms with Crippen LogP contribution in [0.1, 0.15) is 45.4 Å². The van der Waals surface area contributed by atoms with Gasteiger partial charge < -0.3 is 5.73 Å². The predicted octanol–water partition coefficient (Wildman–Crippen LogP) is 2.19. The van der Waals surface area contributed by atoms with Crippen molar-refractivity contribution >= 4 is 0 Å². The van der Waals surface area contributed by atoms with Crippen LogP contribution in [0.2, 0.25) is 0 Å². The number of hydrogen-bond donors (Lipinski definition) is 1. The third-order valence-electron chi connectivity index (χ3n) is 2.27. The average Bonchev–Trinajstić information content (AvgIpc) is 2.03. The Balaban J connectivity index is 3.08. The lowest BCUT2D eigenvalue weighted by Crippen LogP contribution is -2.35. The summed E-state index contributed by atoms with van der Waals surface area (Å²) in [7, 11) is 4.08. The summed E-state index contributed by atoms with van der Waals surface area (Å²) in [6.45, 7) is 2.24. The number of rotatable bonds is 7. The Morgan fingerprint density at radius 2 is 1.67 bits per heavy atom. The zero-order valence-electron chi connectivity index (χ0n) is 8.84. The van der Waals surface area contributed by atoms with Gasteiger partial charge in [0.25, 0.3) is 0 Å². The normalized spacial score (nSPS) is 13.8. The van der Waals surface area contributed by atoms with Crippen LogP contribution in [-0.4, -0.2) is 25.2 Å². The summed E-state index contributed by atoms with van der Waals surface area (Å²) in [5, 5.41) is 0. The first-order valence-corrected chi connectivity index (χ1v) is 5.10. The average molecular weight is 172 g/mol. The highest BCUT2D eigenvalue weighted by atomic mass is 15.2. The largest absolute Gasteiger partial charge is 0.316 e. The van der Waals surface area contributed by atoms with Crippen molar-refractivity contribution in [1.82, 2.24) is 4.90 Å². The van der Waals surface area contributed by atoms with Crippen LogP contribution in [0.5, 0.6) is 0 Å². The van der Waals surface area contributed by atoms with E-state index >= 15 is 0 Å². The molecule has 74 valence electrons. The van der Waals surface area contributed by atoms with Crippen molar-refractivity contribution in [2.75, 3.05) is 14.1 Å². The van der Waals surface area contributed by atoms with E-state index < -0.39 is 0 Å². The lowest BCUT2D eigenvalue weighted by atomic mass is 10.1. The number of hydrogen-bond acceptors (Lipinski definition) is 2. The Bertz CT molecular complexity index is 91.8. The standard InChI is InChI=1S/C10H24N2/c1-4-5-6-7-8-9-10(11)12(2)3/h10H,4-9,11H2,1-3H3. The van der Waals surface area contributed by atoms with E-state index in [1.807, 2.05) is 14.1 Å². The molecule has 0 aliphatic heterocycles. The highest BCUT2D eigenvalue weighted by molar-refractivity contribution is 4.57. The first-order valence-electron chi connectivity index (χ1n) is 5.10. The summed E-state index contributed by atoms with van der Waals surface area (Å²) in [5.74, 6) is 0. The van der Waals surface area contributed by atoms with E-state index in [4.69, 9.17) is 5.73 Å². The van der Waals surface area contributed by atoms with Crippen molar-refractivity contribution in [2.45, 2.75) is 51.6 Å². The number of nitrogens with zero attached hydrogens (tertiary/aromatic N) is 1. The van der Waals surface area contributed by atoms with Crippen LogP contribution in [0.3, 0.4) is 0 Å². The predicted molar refractivity (Wildman–Crippen MR) is 55.0 cm³/mol. The molecular formula is C10H24N2. The molecule has 2 nitrogen and oxygen atoms in total. The van der Waals surface area contributed by atoms with Crippen molar-refractivity contribution in [1.29, 1.82) is 0 Å². The third kappa shape index (κ3) is 6.62. The fourth-order valence-corrected chi connectivity index (χ4v) is 1.22. The SMILES string of the molecule is CCCCCCCC(N)N(C)C. The Labute approximate surface area is 77.1 Å². The van der Waals surface area contributed by atoms with E-state index in [-0.39, 0.29) is 6.17 Å². The highest BCUT2D eigenvalue weighted by Gasteiger charge is 2.02. The van der Waals surface area contributed by atoms with Crippen LogP contribution in [0.25, 0.3) is 0 Å². The van der Waals surface area contributed by atoms with E-state index in [1.165, 1.54) is 32.1 Å². The molecule has 0 aromatic carbocycles. The number of unbranched alkanes of at least 4 members (excludes halogenated alkanes) is 4. The van der Waals surface area contributed by atoms with Crippen molar-refractivity contribution in [3.05, 3.63) is 0 Å². The molecule has 0 heterocycles. The van der Waals surface area contributed by atoms with Gasteiger partial charge in [0.1, 0.15) is 0 Å². The van der Waals surface area contributed by atoms with Crippen LogP contribution < -0.4 is 5.73 Å². The maximum absolute atomic E-state index is 5.86. The first-order chi connectivity index (χ1) is 5.68. The van der Waals surface area contributed by atoms with Crippen LogP contribution in [0, 0.1) is 0 Å². The van der Waals surface area contributed by atoms with Gasteiger partial charge in [-0.15, -0.1) is 0 Å². The highest BCUT2D eigenvalue weighted by Crippen LogP contribution is 2.06. The summed E-state index contributed by atoms with van der Waals surface area (Å²) in [4.78, 5) is 2.08. The van der Waals surface area contributed by atoms with Gasteiger partial charge in [0.15, 0.2) is 0 Å². The Kier molecular flexibility index (Phi) is 7.51. The molecule has 12 heavy (non-hydrogen) atoms.